The van der Waals surface area contributed by atoms with Crippen molar-refractivity contribution in [1.82, 2.24) is 0 Å². The van der Waals surface area contributed by atoms with E-state index in [4.69, 9.17) is 4.74 Å². The van der Waals surface area contributed by atoms with Crippen LogP contribution in [0.15, 0.2) is 24.3 Å². The van der Waals surface area contributed by atoms with Gasteiger partial charge in [0.25, 0.3) is 0 Å². The van der Waals surface area contributed by atoms with E-state index in [9.17, 15) is 0 Å². The number of hydrogen-bond acceptors (Lipinski definition) is 2. The zero-order valence-corrected chi connectivity index (χ0v) is 11.8. The van der Waals surface area contributed by atoms with Crippen molar-refractivity contribution >= 4 is 5.69 Å². The molecule has 1 fully saturated rings. The normalized spacial score (nSPS) is 20.7. The van der Waals surface area contributed by atoms with E-state index in [0.29, 0.717) is 5.92 Å². The average Bonchev–Trinajstić information content (AvgIpc) is 2.37. The number of benzene rings is 1. The first-order valence-corrected chi connectivity index (χ1v) is 6.98. The molecule has 0 aliphatic carbocycles. The predicted octanol–water partition coefficient (Wildman–Crippen LogP) is 3.82. The summed E-state index contributed by atoms with van der Waals surface area (Å²) in [5.41, 5.74) is 2.83. The van der Waals surface area contributed by atoms with Crippen molar-refractivity contribution in [3.63, 3.8) is 0 Å². The Balaban J connectivity index is 1.86. The van der Waals surface area contributed by atoms with Crippen LogP contribution in [-0.4, -0.2) is 19.8 Å². The predicted molar refractivity (Wildman–Crippen MR) is 77.2 cm³/mol. The van der Waals surface area contributed by atoms with Crippen LogP contribution in [0.1, 0.15) is 39.2 Å². The van der Waals surface area contributed by atoms with Gasteiger partial charge in [0.2, 0.25) is 0 Å². The fourth-order valence-electron chi connectivity index (χ4n) is 2.32. The molecule has 1 aromatic rings. The molecular formula is C16H25NO. The fourth-order valence-corrected chi connectivity index (χ4v) is 2.32. The first kappa shape index (κ1) is 13.4. The minimum Gasteiger partial charge on any atom is -0.385 e. The topological polar surface area (TPSA) is 21.3 Å². The quantitative estimate of drug-likeness (QED) is 0.876. The lowest BCUT2D eigenvalue weighted by atomic mass is 9.87. The SMILES string of the molecule is CC(C)(C)c1ccc(NCC2CCCOC2)cc1. The van der Waals surface area contributed by atoms with E-state index in [0.717, 1.165) is 19.8 Å². The molecule has 2 heteroatoms. The van der Waals surface area contributed by atoms with Crippen molar-refractivity contribution in [2.75, 3.05) is 25.1 Å². The summed E-state index contributed by atoms with van der Waals surface area (Å²) in [5.74, 6) is 0.668. The first-order valence-electron chi connectivity index (χ1n) is 6.98. The second-order valence-electron chi connectivity index (χ2n) is 6.29. The van der Waals surface area contributed by atoms with Gasteiger partial charge < -0.3 is 10.1 Å². The summed E-state index contributed by atoms with van der Waals surface area (Å²) in [6.07, 6.45) is 2.49. The van der Waals surface area contributed by atoms with Crippen LogP contribution in [0, 0.1) is 5.92 Å². The summed E-state index contributed by atoms with van der Waals surface area (Å²) in [5, 5.41) is 3.51. The molecule has 0 amide bonds. The third-order valence-corrected chi connectivity index (χ3v) is 3.60. The second-order valence-corrected chi connectivity index (χ2v) is 6.29. The van der Waals surface area contributed by atoms with E-state index < -0.39 is 0 Å². The van der Waals surface area contributed by atoms with Gasteiger partial charge in [-0.3, -0.25) is 0 Å². The molecule has 1 aromatic carbocycles. The van der Waals surface area contributed by atoms with Gasteiger partial charge in [-0.05, 0) is 41.9 Å². The summed E-state index contributed by atoms with van der Waals surface area (Å²) in [6, 6.07) is 8.81. The van der Waals surface area contributed by atoms with Crippen LogP contribution >= 0.6 is 0 Å². The van der Waals surface area contributed by atoms with E-state index in [1.54, 1.807) is 0 Å². The molecule has 1 N–H and O–H groups in total. The Labute approximate surface area is 111 Å². The zero-order valence-electron chi connectivity index (χ0n) is 11.8. The molecular weight excluding hydrogens is 222 g/mol. The third-order valence-electron chi connectivity index (χ3n) is 3.60. The molecule has 0 spiro atoms. The summed E-state index contributed by atoms with van der Waals surface area (Å²) in [7, 11) is 0. The van der Waals surface area contributed by atoms with Crippen LogP contribution in [0.4, 0.5) is 5.69 Å². The number of hydrogen-bond donors (Lipinski definition) is 1. The maximum absolute atomic E-state index is 5.49. The molecule has 0 saturated carbocycles. The van der Waals surface area contributed by atoms with E-state index in [-0.39, 0.29) is 5.41 Å². The van der Waals surface area contributed by atoms with Gasteiger partial charge in [-0.1, -0.05) is 32.9 Å². The Hall–Kier alpha value is -1.02. The van der Waals surface area contributed by atoms with Crippen molar-refractivity contribution in [3.8, 4) is 0 Å². The molecule has 0 radical (unpaired) electrons. The Morgan fingerprint density at radius 3 is 2.50 bits per heavy atom. The maximum Gasteiger partial charge on any atom is 0.0511 e. The first-order chi connectivity index (χ1) is 8.55. The highest BCUT2D eigenvalue weighted by atomic mass is 16.5. The minimum absolute atomic E-state index is 0.232. The van der Waals surface area contributed by atoms with Crippen LogP contribution in [0.25, 0.3) is 0 Å². The molecule has 1 aliphatic rings. The van der Waals surface area contributed by atoms with E-state index in [2.05, 4.69) is 50.4 Å². The fraction of sp³-hybridized carbons (Fsp3) is 0.625. The molecule has 1 saturated heterocycles. The Bertz CT molecular complexity index is 358. The monoisotopic (exact) mass is 247 g/mol. The molecule has 1 unspecified atom stereocenters. The summed E-state index contributed by atoms with van der Waals surface area (Å²) in [4.78, 5) is 0. The molecule has 1 heterocycles. The number of anilines is 1. The van der Waals surface area contributed by atoms with Gasteiger partial charge in [-0.15, -0.1) is 0 Å². The highest BCUT2D eigenvalue weighted by Crippen LogP contribution is 2.23. The maximum atomic E-state index is 5.49. The van der Waals surface area contributed by atoms with Crippen molar-refractivity contribution < 1.29 is 4.74 Å². The molecule has 2 rings (SSSR count). The summed E-state index contributed by atoms with van der Waals surface area (Å²) >= 11 is 0. The highest BCUT2D eigenvalue weighted by Gasteiger charge is 2.14. The van der Waals surface area contributed by atoms with Crippen LogP contribution in [0.5, 0.6) is 0 Å². The molecule has 2 nitrogen and oxygen atoms in total. The van der Waals surface area contributed by atoms with Crippen molar-refractivity contribution in [2.24, 2.45) is 5.92 Å². The average molecular weight is 247 g/mol. The van der Waals surface area contributed by atoms with Crippen LogP contribution < -0.4 is 5.32 Å². The Morgan fingerprint density at radius 2 is 1.94 bits per heavy atom. The van der Waals surface area contributed by atoms with Gasteiger partial charge in [0.15, 0.2) is 0 Å². The second kappa shape index (κ2) is 5.75. The summed E-state index contributed by atoms with van der Waals surface area (Å²) in [6.45, 7) is 9.61. The van der Waals surface area contributed by atoms with Gasteiger partial charge >= 0.3 is 0 Å². The van der Waals surface area contributed by atoms with Crippen LogP contribution in [-0.2, 0) is 10.2 Å². The van der Waals surface area contributed by atoms with E-state index in [1.165, 1.54) is 24.1 Å². The Kier molecular flexibility index (Phi) is 4.28. The number of ether oxygens (including phenoxy) is 1. The van der Waals surface area contributed by atoms with Gasteiger partial charge in [0.05, 0.1) is 6.61 Å². The van der Waals surface area contributed by atoms with Crippen LogP contribution in [0.2, 0.25) is 0 Å². The van der Waals surface area contributed by atoms with E-state index in [1.807, 2.05) is 0 Å². The molecule has 1 aliphatic heterocycles. The van der Waals surface area contributed by atoms with Gasteiger partial charge in [0.1, 0.15) is 0 Å². The molecule has 1 atom stereocenters. The number of nitrogens with one attached hydrogen (secondary N) is 1. The Morgan fingerprint density at radius 1 is 1.22 bits per heavy atom. The van der Waals surface area contributed by atoms with E-state index >= 15 is 0 Å². The highest BCUT2D eigenvalue weighted by molar-refractivity contribution is 5.45. The van der Waals surface area contributed by atoms with Gasteiger partial charge in [-0.2, -0.15) is 0 Å². The largest absolute Gasteiger partial charge is 0.385 e. The van der Waals surface area contributed by atoms with Gasteiger partial charge in [0, 0.05) is 18.8 Å². The molecule has 0 bridgehead atoms. The molecule has 0 aromatic heterocycles. The lowest BCUT2D eigenvalue weighted by molar-refractivity contribution is 0.0595. The number of rotatable bonds is 3. The van der Waals surface area contributed by atoms with Crippen molar-refractivity contribution in [3.05, 3.63) is 29.8 Å². The smallest absolute Gasteiger partial charge is 0.0511 e. The third kappa shape index (κ3) is 3.74. The lowest BCUT2D eigenvalue weighted by Gasteiger charge is -2.23. The lowest BCUT2D eigenvalue weighted by Crippen LogP contribution is -2.24. The van der Waals surface area contributed by atoms with Crippen LogP contribution in [0.3, 0.4) is 0 Å². The standard InChI is InChI=1S/C16H25NO/c1-16(2,3)14-6-8-15(9-7-14)17-11-13-5-4-10-18-12-13/h6-9,13,17H,4-5,10-12H2,1-3H3. The zero-order chi connectivity index (χ0) is 13.0. The molecule has 18 heavy (non-hydrogen) atoms. The van der Waals surface area contributed by atoms with Gasteiger partial charge in [-0.25, -0.2) is 0 Å². The molecule has 100 valence electrons. The minimum atomic E-state index is 0.232. The summed E-state index contributed by atoms with van der Waals surface area (Å²) < 4.78 is 5.49. The van der Waals surface area contributed by atoms with Crippen molar-refractivity contribution in [1.29, 1.82) is 0 Å². The van der Waals surface area contributed by atoms with Crippen molar-refractivity contribution in [2.45, 2.75) is 39.0 Å².